The molecule has 4 aliphatic rings. The van der Waals surface area contributed by atoms with E-state index in [9.17, 15) is 9.50 Å². The average molecular weight is 573 g/mol. The highest BCUT2D eigenvalue weighted by molar-refractivity contribution is 6.36. The third-order valence-corrected chi connectivity index (χ3v) is 9.48. The summed E-state index contributed by atoms with van der Waals surface area (Å²) in [5.41, 5.74) is 0.00588. The quantitative estimate of drug-likeness (QED) is 0.334. The molecule has 0 amide bonds. The van der Waals surface area contributed by atoms with E-state index in [-0.39, 0.29) is 28.8 Å². The molecule has 4 aliphatic heterocycles. The van der Waals surface area contributed by atoms with Crippen molar-refractivity contribution in [2.75, 3.05) is 31.1 Å². The molecule has 41 heavy (non-hydrogen) atoms. The van der Waals surface area contributed by atoms with Gasteiger partial charge in [0, 0.05) is 60.3 Å². The summed E-state index contributed by atoms with van der Waals surface area (Å²) in [4.78, 5) is 18.3. The predicted octanol–water partition coefficient (Wildman–Crippen LogP) is 4.82. The summed E-state index contributed by atoms with van der Waals surface area (Å²) >= 11 is 6.55. The van der Waals surface area contributed by atoms with Crippen LogP contribution in [0, 0.1) is 17.7 Å². The molecule has 6 heterocycles. The smallest absolute Gasteiger partial charge is 0.207 e. The molecule has 0 aliphatic carbocycles. The number of hydrogen-bond acceptors (Lipinski definition) is 7. The molecule has 0 spiro atoms. The van der Waals surface area contributed by atoms with Gasteiger partial charge in [0.05, 0.1) is 10.9 Å². The number of nitrogens with zero attached hydrogens (tertiary/aromatic N) is 5. The highest BCUT2D eigenvalue weighted by Crippen LogP contribution is 2.41. The van der Waals surface area contributed by atoms with Crippen molar-refractivity contribution in [3.63, 3.8) is 0 Å². The highest BCUT2D eigenvalue weighted by Gasteiger charge is 2.47. The fourth-order valence-corrected chi connectivity index (χ4v) is 7.63. The molecule has 0 saturated carbocycles. The zero-order valence-corrected chi connectivity index (χ0v) is 22.9. The van der Waals surface area contributed by atoms with Crippen LogP contribution >= 0.6 is 11.6 Å². The molecule has 4 aromatic rings. The van der Waals surface area contributed by atoms with Crippen molar-refractivity contribution in [1.29, 1.82) is 0 Å². The number of phenols is 1. The number of pyridine rings is 1. The molecule has 7 nitrogen and oxygen atoms in total. The SMILES string of the molecule is Oc1cc(-c2ncc3c(N4C[C@H]5C[C@@H]4CN5)nc(C#C[C@@]45CCCN4C[C@H](F)C5)nc3c2F)c2c(Cl)cccc2c1. The lowest BCUT2D eigenvalue weighted by molar-refractivity contribution is 0.255. The first-order chi connectivity index (χ1) is 19.9. The van der Waals surface area contributed by atoms with Crippen LogP contribution < -0.4 is 10.2 Å². The van der Waals surface area contributed by atoms with Gasteiger partial charge < -0.3 is 15.3 Å². The number of piperazine rings is 1. The van der Waals surface area contributed by atoms with Gasteiger partial charge in [-0.25, -0.2) is 18.7 Å². The third-order valence-electron chi connectivity index (χ3n) is 9.17. The summed E-state index contributed by atoms with van der Waals surface area (Å²) in [6.45, 7) is 2.80. The minimum Gasteiger partial charge on any atom is -0.508 e. The van der Waals surface area contributed by atoms with Crippen molar-refractivity contribution >= 4 is 39.1 Å². The monoisotopic (exact) mass is 572 g/mol. The van der Waals surface area contributed by atoms with Gasteiger partial charge in [0.1, 0.15) is 28.9 Å². The zero-order chi connectivity index (χ0) is 27.9. The van der Waals surface area contributed by atoms with Gasteiger partial charge in [0.15, 0.2) is 5.82 Å². The number of halogens is 3. The molecule has 2 N–H and O–H groups in total. The van der Waals surface area contributed by atoms with Gasteiger partial charge in [-0.1, -0.05) is 29.7 Å². The minimum atomic E-state index is -0.902. The Labute approximate surface area is 240 Å². The van der Waals surface area contributed by atoms with Crippen LogP contribution in [0.5, 0.6) is 5.75 Å². The van der Waals surface area contributed by atoms with E-state index < -0.39 is 17.5 Å². The summed E-state index contributed by atoms with van der Waals surface area (Å²) in [6, 6.07) is 8.96. The zero-order valence-electron chi connectivity index (χ0n) is 22.2. The summed E-state index contributed by atoms with van der Waals surface area (Å²) in [5.74, 6) is 6.62. The molecule has 0 unspecified atom stereocenters. The lowest BCUT2D eigenvalue weighted by atomic mass is 9.94. The van der Waals surface area contributed by atoms with Gasteiger partial charge in [-0.3, -0.25) is 9.88 Å². The van der Waals surface area contributed by atoms with Gasteiger partial charge in [0.2, 0.25) is 5.82 Å². The maximum absolute atomic E-state index is 16.6. The van der Waals surface area contributed by atoms with Crippen LogP contribution in [0.25, 0.3) is 32.9 Å². The van der Waals surface area contributed by atoms with Gasteiger partial charge in [-0.05, 0) is 55.3 Å². The van der Waals surface area contributed by atoms with E-state index in [0.717, 1.165) is 38.9 Å². The number of benzene rings is 2. The summed E-state index contributed by atoms with van der Waals surface area (Å²) in [7, 11) is 0. The van der Waals surface area contributed by atoms with E-state index in [1.165, 1.54) is 6.07 Å². The minimum absolute atomic E-state index is 0.0188. The fraction of sp³-hybridized carbons (Fsp3) is 0.387. The maximum atomic E-state index is 16.6. The van der Waals surface area contributed by atoms with Crippen LogP contribution in [0.15, 0.2) is 36.5 Å². The molecule has 4 fully saturated rings. The van der Waals surface area contributed by atoms with Crippen LogP contribution in [0.1, 0.15) is 31.5 Å². The normalized spacial score (nSPS) is 27.1. The molecular formula is C31H27ClF2N6O. The van der Waals surface area contributed by atoms with Crippen molar-refractivity contribution in [3.8, 4) is 28.8 Å². The number of phenolic OH excluding ortho intramolecular Hbond substituents is 1. The van der Waals surface area contributed by atoms with Crippen LogP contribution in [-0.2, 0) is 0 Å². The molecule has 10 heteroatoms. The van der Waals surface area contributed by atoms with E-state index in [1.54, 1.807) is 24.4 Å². The van der Waals surface area contributed by atoms with Crippen molar-refractivity contribution < 1.29 is 13.9 Å². The van der Waals surface area contributed by atoms with Gasteiger partial charge in [-0.15, -0.1) is 0 Å². The number of aromatic nitrogens is 3. The average Bonchev–Trinajstić information content (AvgIpc) is 3.73. The number of hydrogen-bond donors (Lipinski definition) is 2. The molecule has 4 atom stereocenters. The van der Waals surface area contributed by atoms with Gasteiger partial charge >= 0.3 is 0 Å². The summed E-state index contributed by atoms with van der Waals surface area (Å²) < 4.78 is 30.9. The van der Waals surface area contributed by atoms with E-state index >= 15 is 4.39 Å². The Balaban J connectivity index is 1.32. The van der Waals surface area contributed by atoms with Crippen molar-refractivity contribution in [3.05, 3.63) is 53.2 Å². The summed E-state index contributed by atoms with van der Waals surface area (Å²) in [5, 5.41) is 16.1. The third kappa shape index (κ3) is 3.96. The molecule has 208 valence electrons. The molecule has 4 saturated heterocycles. The molecule has 2 aromatic carbocycles. The molecule has 8 rings (SSSR count). The van der Waals surface area contributed by atoms with Crippen molar-refractivity contribution in [2.45, 2.75) is 49.5 Å². The highest BCUT2D eigenvalue weighted by atomic mass is 35.5. The van der Waals surface area contributed by atoms with Crippen LogP contribution in [0.4, 0.5) is 14.6 Å². The second-order valence-corrected chi connectivity index (χ2v) is 12.1. The standard InChI is InChI=1S/C31H27ClF2N6O/c32-24-4-1-3-17-9-21(41)11-22(26(17)24)28-27(34)29-23(14-36-28)30(40-16-19-10-20(40)13-35-19)38-25(37-29)5-7-31-6-2-8-39(31)15-18(33)12-31/h1,3-4,9,11,14,18-20,35,41H,2,6,8,10,12-13,15-16H2/t18-,19-,20-,31-/m1/s1. The molecular weight excluding hydrogens is 546 g/mol. The first-order valence-electron chi connectivity index (χ1n) is 14.1. The lowest BCUT2D eigenvalue weighted by Gasteiger charge is -2.29. The predicted molar refractivity (Wildman–Crippen MR) is 154 cm³/mol. The number of fused-ring (bicyclic) bond motifs is 5. The van der Waals surface area contributed by atoms with Crippen LogP contribution in [-0.4, -0.2) is 74.9 Å². The van der Waals surface area contributed by atoms with E-state index in [1.807, 2.05) is 6.07 Å². The number of aromatic hydroxyl groups is 1. The molecule has 0 radical (unpaired) electrons. The Bertz CT molecular complexity index is 1810. The lowest BCUT2D eigenvalue weighted by Crippen LogP contribution is -2.44. The Kier molecular flexibility index (Phi) is 5.65. The maximum Gasteiger partial charge on any atom is 0.207 e. The number of rotatable bonds is 2. The second kappa shape index (κ2) is 9.21. The number of alkyl halides is 1. The first-order valence-corrected chi connectivity index (χ1v) is 14.5. The van der Waals surface area contributed by atoms with Crippen LogP contribution in [0.2, 0.25) is 5.02 Å². The topological polar surface area (TPSA) is 77.4 Å². The second-order valence-electron chi connectivity index (χ2n) is 11.7. The first kappa shape index (κ1) is 25.2. The van der Waals surface area contributed by atoms with Crippen molar-refractivity contribution in [2.24, 2.45) is 0 Å². The Morgan fingerprint density at radius 3 is 2.93 bits per heavy atom. The fourth-order valence-electron chi connectivity index (χ4n) is 7.34. The van der Waals surface area contributed by atoms with Crippen LogP contribution in [0.3, 0.4) is 0 Å². The molecule has 2 bridgehead atoms. The van der Waals surface area contributed by atoms with Gasteiger partial charge in [0.25, 0.3) is 0 Å². The van der Waals surface area contributed by atoms with Crippen molar-refractivity contribution in [1.82, 2.24) is 25.2 Å². The van der Waals surface area contributed by atoms with E-state index in [4.69, 9.17) is 16.6 Å². The Hall–Kier alpha value is -3.58. The largest absolute Gasteiger partial charge is 0.508 e. The summed E-state index contributed by atoms with van der Waals surface area (Å²) in [6.07, 6.45) is 3.84. The Morgan fingerprint density at radius 2 is 2.10 bits per heavy atom. The number of nitrogens with one attached hydrogen (secondary N) is 1. The van der Waals surface area contributed by atoms with E-state index in [2.05, 4.69) is 36.9 Å². The van der Waals surface area contributed by atoms with E-state index in [0.29, 0.717) is 51.6 Å². The van der Waals surface area contributed by atoms with Gasteiger partial charge in [-0.2, -0.15) is 0 Å². The number of anilines is 1. The molecule has 2 aromatic heterocycles. The Morgan fingerprint density at radius 1 is 1.20 bits per heavy atom.